The third kappa shape index (κ3) is 3.93. The lowest BCUT2D eigenvalue weighted by Gasteiger charge is -2.33. The second-order valence-corrected chi connectivity index (χ2v) is 7.71. The zero-order valence-electron chi connectivity index (χ0n) is 14.7. The maximum atomic E-state index is 9.46. The lowest BCUT2D eigenvalue weighted by molar-refractivity contribution is 0.154. The van der Waals surface area contributed by atoms with Gasteiger partial charge in [-0.05, 0) is 49.4 Å². The number of halogens is 1. The SMILES string of the molecule is N#Cc1cc(NC2CCN(CC3CCOC3)CC2)nc2ccc(Cl)cc12. The van der Waals surface area contributed by atoms with Gasteiger partial charge in [-0.15, -0.1) is 0 Å². The first-order chi connectivity index (χ1) is 12.7. The lowest BCUT2D eigenvalue weighted by atomic mass is 10.0. The molecule has 136 valence electrons. The zero-order valence-corrected chi connectivity index (χ0v) is 15.5. The molecule has 1 aromatic heterocycles. The van der Waals surface area contributed by atoms with Crippen molar-refractivity contribution in [2.45, 2.75) is 25.3 Å². The number of nitrogens with one attached hydrogen (secondary N) is 1. The van der Waals surface area contributed by atoms with E-state index in [1.54, 1.807) is 6.07 Å². The van der Waals surface area contributed by atoms with E-state index in [0.29, 0.717) is 22.5 Å². The molecule has 2 aromatic rings. The van der Waals surface area contributed by atoms with Crippen LogP contribution in [0.2, 0.25) is 5.02 Å². The van der Waals surface area contributed by atoms with Gasteiger partial charge in [-0.3, -0.25) is 0 Å². The Kier molecular flexibility index (Phi) is 5.26. The van der Waals surface area contributed by atoms with Crippen LogP contribution >= 0.6 is 11.6 Å². The average molecular weight is 371 g/mol. The van der Waals surface area contributed by atoms with Crippen LogP contribution in [0.15, 0.2) is 24.3 Å². The van der Waals surface area contributed by atoms with Gasteiger partial charge in [-0.25, -0.2) is 4.98 Å². The molecule has 2 aliphatic rings. The molecule has 2 saturated heterocycles. The highest BCUT2D eigenvalue weighted by molar-refractivity contribution is 6.31. The highest BCUT2D eigenvalue weighted by Gasteiger charge is 2.24. The van der Waals surface area contributed by atoms with Crippen molar-refractivity contribution < 1.29 is 4.74 Å². The van der Waals surface area contributed by atoms with Gasteiger partial charge >= 0.3 is 0 Å². The Morgan fingerprint density at radius 2 is 2.12 bits per heavy atom. The van der Waals surface area contributed by atoms with Gasteiger partial charge in [-0.1, -0.05) is 11.6 Å². The summed E-state index contributed by atoms with van der Waals surface area (Å²) in [4.78, 5) is 7.22. The number of nitriles is 1. The summed E-state index contributed by atoms with van der Waals surface area (Å²) in [6, 6.07) is 9.98. The average Bonchev–Trinajstić information content (AvgIpc) is 3.16. The number of anilines is 1. The van der Waals surface area contributed by atoms with Crippen LogP contribution in [0, 0.1) is 17.2 Å². The molecule has 0 bridgehead atoms. The van der Waals surface area contributed by atoms with Crippen LogP contribution in [-0.2, 0) is 4.74 Å². The molecule has 6 heteroatoms. The van der Waals surface area contributed by atoms with Crippen molar-refractivity contribution in [3.8, 4) is 6.07 Å². The molecule has 1 unspecified atom stereocenters. The molecule has 3 heterocycles. The van der Waals surface area contributed by atoms with Crippen molar-refractivity contribution in [3.63, 3.8) is 0 Å². The van der Waals surface area contributed by atoms with E-state index >= 15 is 0 Å². The lowest BCUT2D eigenvalue weighted by Crippen LogP contribution is -2.41. The third-order valence-corrected chi connectivity index (χ3v) is 5.61. The second-order valence-electron chi connectivity index (χ2n) is 7.28. The van der Waals surface area contributed by atoms with Gasteiger partial charge in [0.15, 0.2) is 0 Å². The molecule has 26 heavy (non-hydrogen) atoms. The molecule has 0 aliphatic carbocycles. The molecule has 2 fully saturated rings. The maximum absolute atomic E-state index is 9.46. The number of ether oxygens (including phenoxy) is 1. The smallest absolute Gasteiger partial charge is 0.128 e. The molecule has 0 spiro atoms. The molecule has 2 aliphatic heterocycles. The summed E-state index contributed by atoms with van der Waals surface area (Å²) in [5.74, 6) is 1.48. The van der Waals surface area contributed by atoms with Crippen molar-refractivity contribution in [1.29, 1.82) is 5.26 Å². The number of fused-ring (bicyclic) bond motifs is 1. The monoisotopic (exact) mass is 370 g/mol. The number of rotatable bonds is 4. The van der Waals surface area contributed by atoms with Crippen LogP contribution in [0.4, 0.5) is 5.82 Å². The van der Waals surface area contributed by atoms with E-state index in [-0.39, 0.29) is 0 Å². The summed E-state index contributed by atoms with van der Waals surface area (Å²) in [6.45, 7) is 5.19. The van der Waals surface area contributed by atoms with Crippen LogP contribution in [0.3, 0.4) is 0 Å². The fraction of sp³-hybridized carbons (Fsp3) is 0.500. The van der Waals surface area contributed by atoms with Crippen LogP contribution in [-0.4, -0.2) is 48.8 Å². The summed E-state index contributed by atoms with van der Waals surface area (Å²) in [6.07, 6.45) is 3.38. The summed E-state index contributed by atoms with van der Waals surface area (Å²) in [5.41, 5.74) is 1.41. The number of benzene rings is 1. The van der Waals surface area contributed by atoms with E-state index in [1.165, 1.54) is 6.42 Å². The largest absolute Gasteiger partial charge is 0.381 e. The molecule has 5 nitrogen and oxygen atoms in total. The molecular formula is C20H23ClN4O. The van der Waals surface area contributed by atoms with Crippen molar-refractivity contribution in [2.24, 2.45) is 5.92 Å². The Bertz CT molecular complexity index is 820. The fourth-order valence-electron chi connectivity index (χ4n) is 3.93. The summed E-state index contributed by atoms with van der Waals surface area (Å²) >= 11 is 6.05. The first kappa shape index (κ1) is 17.5. The Labute approximate surface area is 158 Å². The Balaban J connectivity index is 1.40. The number of hydrogen-bond acceptors (Lipinski definition) is 5. The highest BCUT2D eigenvalue weighted by atomic mass is 35.5. The number of hydrogen-bond donors (Lipinski definition) is 1. The predicted octanol–water partition coefficient (Wildman–Crippen LogP) is 3.67. The van der Waals surface area contributed by atoms with E-state index < -0.39 is 0 Å². The van der Waals surface area contributed by atoms with E-state index in [2.05, 4.69) is 21.3 Å². The van der Waals surface area contributed by atoms with Crippen molar-refractivity contribution in [1.82, 2.24) is 9.88 Å². The van der Waals surface area contributed by atoms with Crippen molar-refractivity contribution in [3.05, 3.63) is 34.9 Å². The number of likely N-dealkylation sites (tertiary alicyclic amines) is 1. The quantitative estimate of drug-likeness (QED) is 0.889. The first-order valence-corrected chi connectivity index (χ1v) is 9.66. The van der Waals surface area contributed by atoms with Gasteiger partial charge in [0, 0.05) is 42.7 Å². The molecular weight excluding hydrogens is 348 g/mol. The minimum absolute atomic E-state index is 0.398. The zero-order chi connectivity index (χ0) is 17.9. The minimum atomic E-state index is 0.398. The summed E-state index contributed by atoms with van der Waals surface area (Å²) < 4.78 is 5.48. The Morgan fingerprint density at radius 3 is 2.85 bits per heavy atom. The molecule has 1 aromatic carbocycles. The topological polar surface area (TPSA) is 61.2 Å². The Morgan fingerprint density at radius 1 is 1.27 bits per heavy atom. The molecule has 0 radical (unpaired) electrons. The van der Waals surface area contributed by atoms with E-state index in [1.807, 2.05) is 18.2 Å². The standard InChI is InChI=1S/C20H23ClN4O/c21-16-1-2-19-18(10-16)15(11-22)9-20(24-19)23-17-3-6-25(7-4-17)12-14-5-8-26-13-14/h1-2,9-10,14,17H,3-8,12-13H2,(H,23,24). The number of piperidine rings is 1. The van der Waals surface area contributed by atoms with E-state index in [0.717, 1.165) is 62.4 Å². The van der Waals surface area contributed by atoms with Crippen molar-refractivity contribution in [2.75, 3.05) is 38.2 Å². The highest BCUT2D eigenvalue weighted by Crippen LogP contribution is 2.25. The molecule has 4 rings (SSSR count). The minimum Gasteiger partial charge on any atom is -0.381 e. The third-order valence-electron chi connectivity index (χ3n) is 5.37. The van der Waals surface area contributed by atoms with Gasteiger partial charge in [0.2, 0.25) is 0 Å². The van der Waals surface area contributed by atoms with Crippen molar-refractivity contribution >= 4 is 28.3 Å². The first-order valence-electron chi connectivity index (χ1n) is 9.28. The van der Waals surface area contributed by atoms with Gasteiger partial charge < -0.3 is 15.0 Å². The van der Waals surface area contributed by atoms with Crippen LogP contribution in [0.1, 0.15) is 24.8 Å². The summed E-state index contributed by atoms with van der Waals surface area (Å²) in [7, 11) is 0. The van der Waals surface area contributed by atoms with Gasteiger partial charge in [0.1, 0.15) is 5.82 Å². The molecule has 1 atom stereocenters. The van der Waals surface area contributed by atoms with Gasteiger partial charge in [0.25, 0.3) is 0 Å². The van der Waals surface area contributed by atoms with Crippen LogP contribution in [0.25, 0.3) is 10.9 Å². The van der Waals surface area contributed by atoms with Crippen LogP contribution < -0.4 is 5.32 Å². The summed E-state index contributed by atoms with van der Waals surface area (Å²) in [5, 5.41) is 14.4. The normalized spacial score (nSPS) is 21.8. The second kappa shape index (κ2) is 7.79. The van der Waals surface area contributed by atoms with E-state index in [9.17, 15) is 5.26 Å². The number of aromatic nitrogens is 1. The molecule has 1 N–H and O–H groups in total. The molecule has 0 saturated carbocycles. The fourth-order valence-corrected chi connectivity index (χ4v) is 4.10. The van der Waals surface area contributed by atoms with E-state index in [4.69, 9.17) is 16.3 Å². The predicted molar refractivity (Wildman–Crippen MR) is 103 cm³/mol. The number of pyridine rings is 1. The maximum Gasteiger partial charge on any atom is 0.128 e. The van der Waals surface area contributed by atoms with Gasteiger partial charge in [-0.2, -0.15) is 5.26 Å². The molecule has 0 amide bonds. The van der Waals surface area contributed by atoms with Gasteiger partial charge in [0.05, 0.1) is 23.8 Å². The Hall–Kier alpha value is -1.87. The number of nitrogens with zero attached hydrogens (tertiary/aromatic N) is 3. The van der Waals surface area contributed by atoms with Crippen LogP contribution in [0.5, 0.6) is 0 Å².